The standard InChI is InChI=1S/C15H23N2O6PS/c1-5-11-12(23-24(20)22-9(3)10(4)25-24)6-13(21-11)17-7-8(2)14(18)16-15(17)19/h7,9-13H,5-6H2,1-4H3,(H,16,18,19)/t9?,10?,11-,12+,13?,24?/m1/s1. The minimum absolute atomic E-state index is 0.0912. The van der Waals surface area contributed by atoms with Crippen molar-refractivity contribution in [2.45, 2.75) is 70.3 Å². The van der Waals surface area contributed by atoms with Crippen molar-refractivity contribution in [2.75, 3.05) is 0 Å². The summed E-state index contributed by atoms with van der Waals surface area (Å²) in [6.07, 6.45) is 1.03. The van der Waals surface area contributed by atoms with Gasteiger partial charge in [0.15, 0.2) is 0 Å². The lowest BCUT2D eigenvalue weighted by atomic mass is 10.1. The van der Waals surface area contributed by atoms with E-state index in [2.05, 4.69) is 4.98 Å². The normalized spacial score (nSPS) is 38.3. The van der Waals surface area contributed by atoms with Crippen molar-refractivity contribution in [3.63, 3.8) is 0 Å². The van der Waals surface area contributed by atoms with Crippen LogP contribution in [0.2, 0.25) is 0 Å². The quantitative estimate of drug-likeness (QED) is 0.789. The van der Waals surface area contributed by atoms with E-state index in [4.69, 9.17) is 13.8 Å². The summed E-state index contributed by atoms with van der Waals surface area (Å²) >= 11 is 1.22. The van der Waals surface area contributed by atoms with Gasteiger partial charge in [0.1, 0.15) is 6.23 Å². The van der Waals surface area contributed by atoms with Gasteiger partial charge in [-0.25, -0.2) is 9.36 Å². The molecule has 2 aliphatic rings. The molecule has 0 amide bonds. The molecule has 0 aromatic carbocycles. The van der Waals surface area contributed by atoms with Crippen LogP contribution in [-0.4, -0.2) is 33.1 Å². The first-order valence-electron chi connectivity index (χ1n) is 8.35. The van der Waals surface area contributed by atoms with Gasteiger partial charge in [-0.3, -0.25) is 23.4 Å². The van der Waals surface area contributed by atoms with Crippen molar-refractivity contribution in [1.29, 1.82) is 0 Å². The summed E-state index contributed by atoms with van der Waals surface area (Å²) in [5.41, 5.74) is -0.524. The highest BCUT2D eigenvalue weighted by molar-refractivity contribution is 8.55. The van der Waals surface area contributed by atoms with Crippen LogP contribution in [-0.2, 0) is 18.3 Å². The van der Waals surface area contributed by atoms with Gasteiger partial charge < -0.3 is 4.74 Å². The maximum atomic E-state index is 12.8. The van der Waals surface area contributed by atoms with Crippen LogP contribution in [0.4, 0.5) is 0 Å². The van der Waals surface area contributed by atoms with Gasteiger partial charge in [-0.1, -0.05) is 13.8 Å². The number of nitrogens with zero attached hydrogens (tertiary/aromatic N) is 1. The third-order valence-corrected chi connectivity index (χ3v) is 8.94. The van der Waals surface area contributed by atoms with Gasteiger partial charge in [-0.05, 0) is 31.7 Å². The van der Waals surface area contributed by atoms with Crippen molar-refractivity contribution < 1.29 is 18.3 Å². The summed E-state index contributed by atoms with van der Waals surface area (Å²) in [7, 11) is 0. The van der Waals surface area contributed by atoms with Gasteiger partial charge in [0.25, 0.3) is 5.56 Å². The number of rotatable bonds is 4. The minimum atomic E-state index is -3.24. The fourth-order valence-electron chi connectivity index (χ4n) is 2.96. The van der Waals surface area contributed by atoms with E-state index in [1.54, 1.807) is 6.92 Å². The van der Waals surface area contributed by atoms with Crippen LogP contribution in [0.1, 0.15) is 45.4 Å². The summed E-state index contributed by atoms with van der Waals surface area (Å²) < 4.78 is 31.5. The number of ether oxygens (including phenoxy) is 1. The van der Waals surface area contributed by atoms with E-state index >= 15 is 0 Å². The Morgan fingerprint density at radius 1 is 1.44 bits per heavy atom. The number of nitrogens with one attached hydrogen (secondary N) is 1. The van der Waals surface area contributed by atoms with E-state index in [1.807, 2.05) is 20.8 Å². The Balaban J connectivity index is 1.80. The van der Waals surface area contributed by atoms with E-state index in [9.17, 15) is 14.2 Å². The zero-order valence-corrected chi connectivity index (χ0v) is 16.3. The number of hydrogen-bond acceptors (Lipinski definition) is 7. The molecule has 4 unspecified atom stereocenters. The first-order chi connectivity index (χ1) is 11.7. The van der Waals surface area contributed by atoms with E-state index < -0.39 is 30.4 Å². The number of H-pyrrole nitrogens is 1. The van der Waals surface area contributed by atoms with Gasteiger partial charge in [0.05, 0.1) is 18.3 Å². The molecule has 0 radical (unpaired) electrons. The highest BCUT2D eigenvalue weighted by Crippen LogP contribution is 2.70. The monoisotopic (exact) mass is 390 g/mol. The average Bonchev–Trinajstić information content (AvgIpc) is 3.03. The molecule has 140 valence electrons. The second-order valence-corrected chi connectivity index (χ2v) is 10.7. The molecule has 1 aromatic heterocycles. The first kappa shape index (κ1) is 18.9. The number of hydrogen-bond donors (Lipinski definition) is 1. The van der Waals surface area contributed by atoms with Crippen LogP contribution in [0, 0.1) is 6.92 Å². The van der Waals surface area contributed by atoms with Crippen LogP contribution >= 0.6 is 18.2 Å². The number of aromatic amines is 1. The van der Waals surface area contributed by atoms with E-state index in [1.165, 1.54) is 22.1 Å². The van der Waals surface area contributed by atoms with E-state index in [0.717, 1.165) is 0 Å². The molecule has 6 atom stereocenters. The van der Waals surface area contributed by atoms with Gasteiger partial charge in [-0.2, -0.15) is 0 Å². The van der Waals surface area contributed by atoms with Gasteiger partial charge in [0.2, 0.25) is 0 Å². The lowest BCUT2D eigenvalue weighted by molar-refractivity contribution is -0.0196. The molecule has 3 heterocycles. The Morgan fingerprint density at radius 3 is 2.76 bits per heavy atom. The molecule has 0 bridgehead atoms. The second-order valence-electron chi connectivity index (χ2n) is 6.46. The van der Waals surface area contributed by atoms with Crippen LogP contribution < -0.4 is 11.2 Å². The Morgan fingerprint density at radius 2 is 2.16 bits per heavy atom. The second kappa shape index (κ2) is 7.04. The zero-order valence-electron chi connectivity index (χ0n) is 14.6. The molecule has 8 nitrogen and oxygen atoms in total. The van der Waals surface area contributed by atoms with Crippen molar-refractivity contribution in [2.24, 2.45) is 0 Å². The van der Waals surface area contributed by atoms with Crippen LogP contribution in [0.5, 0.6) is 0 Å². The molecule has 10 heteroatoms. The Bertz CT molecular complexity index is 794. The Hall–Kier alpha value is -0.860. The third-order valence-electron chi connectivity index (χ3n) is 4.56. The molecule has 2 fully saturated rings. The summed E-state index contributed by atoms with van der Waals surface area (Å²) in [4.78, 5) is 25.9. The fourth-order valence-corrected chi connectivity index (χ4v) is 7.75. The number of aromatic nitrogens is 2. The number of aryl methyl sites for hydroxylation is 1. The molecule has 1 N–H and O–H groups in total. The van der Waals surface area contributed by atoms with Crippen LogP contribution in [0.3, 0.4) is 0 Å². The van der Waals surface area contributed by atoms with Crippen LogP contribution in [0.15, 0.2) is 15.8 Å². The van der Waals surface area contributed by atoms with E-state index in [-0.39, 0.29) is 17.5 Å². The van der Waals surface area contributed by atoms with Crippen molar-refractivity contribution in [3.8, 4) is 0 Å². The van der Waals surface area contributed by atoms with Gasteiger partial charge in [-0.15, -0.1) is 0 Å². The third kappa shape index (κ3) is 3.80. The highest BCUT2D eigenvalue weighted by atomic mass is 32.7. The molecule has 2 aliphatic heterocycles. The molecule has 0 spiro atoms. The molecule has 1 aromatic rings. The molecular formula is C15H23N2O6PS. The Labute approximate surface area is 149 Å². The van der Waals surface area contributed by atoms with Crippen molar-refractivity contribution >= 4 is 18.2 Å². The fraction of sp³-hybridized carbons (Fsp3) is 0.733. The summed E-state index contributed by atoms with van der Waals surface area (Å²) in [6.45, 7) is 4.14. The van der Waals surface area contributed by atoms with Gasteiger partial charge >= 0.3 is 12.5 Å². The largest absolute Gasteiger partial charge is 0.390 e. The maximum Gasteiger partial charge on any atom is 0.390 e. The van der Waals surface area contributed by atoms with Crippen LogP contribution in [0.25, 0.3) is 0 Å². The smallest absolute Gasteiger partial charge is 0.352 e. The topological polar surface area (TPSA) is 99.6 Å². The lowest BCUT2D eigenvalue weighted by Crippen LogP contribution is -2.33. The van der Waals surface area contributed by atoms with Gasteiger partial charge in [0, 0.05) is 23.4 Å². The van der Waals surface area contributed by atoms with Crippen molar-refractivity contribution in [3.05, 3.63) is 32.6 Å². The molecular weight excluding hydrogens is 367 g/mol. The molecule has 25 heavy (non-hydrogen) atoms. The molecule has 2 saturated heterocycles. The Kier molecular flexibility index (Phi) is 5.33. The maximum absolute atomic E-state index is 12.8. The highest BCUT2D eigenvalue weighted by Gasteiger charge is 2.47. The SMILES string of the molecule is CC[C@H]1OC(n2cc(C)c(=O)[nH]c2=O)C[C@@H]1OP1(=O)OC(C)C(C)S1. The summed E-state index contributed by atoms with van der Waals surface area (Å²) in [5.74, 6) is 0. The zero-order chi connectivity index (χ0) is 18.4. The van der Waals surface area contributed by atoms with Crippen molar-refractivity contribution in [1.82, 2.24) is 9.55 Å². The van der Waals surface area contributed by atoms with E-state index in [0.29, 0.717) is 18.4 Å². The average molecular weight is 390 g/mol. The lowest BCUT2D eigenvalue weighted by Gasteiger charge is -2.20. The predicted molar refractivity (Wildman–Crippen MR) is 95.0 cm³/mol. The summed E-state index contributed by atoms with van der Waals surface area (Å²) in [5, 5.41) is 0.0912. The summed E-state index contributed by atoms with van der Waals surface area (Å²) in [6, 6.07) is 0. The molecule has 0 saturated carbocycles. The predicted octanol–water partition coefficient (Wildman–Crippen LogP) is 2.58. The molecule has 3 rings (SSSR count). The first-order valence-corrected chi connectivity index (χ1v) is 11.4. The molecule has 0 aliphatic carbocycles. The minimum Gasteiger partial charge on any atom is -0.352 e.